The minimum atomic E-state index is -0.739. The second-order valence-corrected chi connectivity index (χ2v) is 3.94. The summed E-state index contributed by atoms with van der Waals surface area (Å²) in [5.74, 6) is 1.48. The summed E-state index contributed by atoms with van der Waals surface area (Å²) in [7, 11) is 3.85. The molecule has 0 bridgehead atoms. The van der Waals surface area contributed by atoms with Crippen LogP contribution in [0.1, 0.15) is 6.42 Å². The molecule has 1 aromatic rings. The van der Waals surface area contributed by atoms with Gasteiger partial charge in [0, 0.05) is 26.8 Å². The van der Waals surface area contributed by atoms with Gasteiger partial charge in [-0.25, -0.2) is 9.37 Å². The van der Waals surface area contributed by atoms with Gasteiger partial charge in [0.05, 0.1) is 6.54 Å². The quantitative estimate of drug-likeness (QED) is 0.731. The molecule has 1 aliphatic rings. The van der Waals surface area contributed by atoms with Crippen LogP contribution in [0.5, 0.6) is 0 Å². The first-order valence-electron chi connectivity index (χ1n) is 5.06. The topological polar surface area (TPSA) is 32.3 Å². The molecule has 0 N–H and O–H groups in total. The number of rotatable bonds is 2. The summed E-state index contributed by atoms with van der Waals surface area (Å²) in [6.07, 6.45) is 1.55. The Bertz CT molecular complexity index is 342. The van der Waals surface area contributed by atoms with Crippen molar-refractivity contribution in [2.45, 2.75) is 12.6 Å². The molecule has 0 spiro atoms. The van der Waals surface area contributed by atoms with Gasteiger partial charge >= 0.3 is 0 Å². The molecular weight excluding hydrogens is 195 g/mol. The molecule has 1 atom stereocenters. The Balaban J connectivity index is 2.18. The second kappa shape index (κ2) is 4.00. The van der Waals surface area contributed by atoms with Gasteiger partial charge in [0.2, 0.25) is 5.95 Å². The van der Waals surface area contributed by atoms with E-state index in [0.29, 0.717) is 25.5 Å². The number of nitrogens with zero attached hydrogens (tertiary/aromatic N) is 4. The fraction of sp³-hybridized carbons (Fsp3) is 0.600. The highest BCUT2D eigenvalue weighted by Gasteiger charge is 2.23. The molecule has 2 rings (SSSR count). The van der Waals surface area contributed by atoms with Crippen LogP contribution in [0.15, 0.2) is 12.3 Å². The summed E-state index contributed by atoms with van der Waals surface area (Å²) < 4.78 is 13.0. The van der Waals surface area contributed by atoms with Gasteiger partial charge in [-0.3, -0.25) is 0 Å². The van der Waals surface area contributed by atoms with E-state index < -0.39 is 6.17 Å². The summed E-state index contributed by atoms with van der Waals surface area (Å²) in [4.78, 5) is 12.3. The summed E-state index contributed by atoms with van der Waals surface area (Å²) in [6.45, 7) is 1.12. The molecule has 0 radical (unpaired) electrons. The third-order valence-electron chi connectivity index (χ3n) is 2.50. The van der Waals surface area contributed by atoms with E-state index in [1.54, 1.807) is 6.20 Å². The fourth-order valence-electron chi connectivity index (χ4n) is 1.64. The molecule has 1 aromatic heterocycles. The summed E-state index contributed by atoms with van der Waals surface area (Å²) in [6, 6.07) is 1.84. The number of hydrogen-bond donors (Lipinski definition) is 0. The lowest BCUT2D eigenvalue weighted by atomic mass is 10.3. The average molecular weight is 210 g/mol. The first-order chi connectivity index (χ1) is 7.16. The molecule has 0 aromatic carbocycles. The zero-order valence-corrected chi connectivity index (χ0v) is 9.02. The van der Waals surface area contributed by atoms with Crippen LogP contribution in [0.2, 0.25) is 0 Å². The van der Waals surface area contributed by atoms with Crippen molar-refractivity contribution in [2.24, 2.45) is 0 Å². The van der Waals surface area contributed by atoms with Crippen molar-refractivity contribution in [3.63, 3.8) is 0 Å². The molecule has 82 valence electrons. The molecular formula is C10H15FN4. The molecule has 1 saturated heterocycles. The predicted molar refractivity (Wildman–Crippen MR) is 58.1 cm³/mol. The second-order valence-electron chi connectivity index (χ2n) is 3.94. The van der Waals surface area contributed by atoms with Crippen molar-refractivity contribution in [3.8, 4) is 0 Å². The number of aromatic nitrogens is 2. The lowest BCUT2D eigenvalue weighted by Gasteiger charge is -2.17. The monoisotopic (exact) mass is 210 g/mol. The molecule has 2 heterocycles. The Kier molecular flexibility index (Phi) is 2.70. The predicted octanol–water partition coefficient (Wildman–Crippen LogP) is 1.09. The fourth-order valence-corrected chi connectivity index (χ4v) is 1.64. The van der Waals surface area contributed by atoms with E-state index in [0.717, 1.165) is 5.82 Å². The lowest BCUT2D eigenvalue weighted by Crippen LogP contribution is -2.23. The van der Waals surface area contributed by atoms with Gasteiger partial charge in [-0.05, 0) is 12.5 Å². The van der Waals surface area contributed by atoms with E-state index in [-0.39, 0.29) is 0 Å². The normalized spacial score (nSPS) is 20.7. The maximum atomic E-state index is 13.0. The van der Waals surface area contributed by atoms with E-state index in [9.17, 15) is 4.39 Å². The van der Waals surface area contributed by atoms with E-state index >= 15 is 0 Å². The lowest BCUT2D eigenvalue weighted by molar-refractivity contribution is 0.364. The summed E-state index contributed by atoms with van der Waals surface area (Å²) >= 11 is 0. The Labute approximate surface area is 88.7 Å². The van der Waals surface area contributed by atoms with E-state index in [4.69, 9.17) is 0 Å². The van der Waals surface area contributed by atoms with Crippen LogP contribution in [-0.2, 0) is 0 Å². The van der Waals surface area contributed by atoms with Crippen molar-refractivity contribution >= 4 is 11.8 Å². The van der Waals surface area contributed by atoms with E-state index in [2.05, 4.69) is 9.97 Å². The zero-order valence-electron chi connectivity index (χ0n) is 9.02. The van der Waals surface area contributed by atoms with Gasteiger partial charge in [0.15, 0.2) is 0 Å². The molecule has 0 saturated carbocycles. The van der Waals surface area contributed by atoms with Crippen LogP contribution in [0.4, 0.5) is 16.2 Å². The zero-order chi connectivity index (χ0) is 10.8. The highest BCUT2D eigenvalue weighted by atomic mass is 19.1. The van der Waals surface area contributed by atoms with Crippen molar-refractivity contribution in [1.29, 1.82) is 0 Å². The van der Waals surface area contributed by atoms with Gasteiger partial charge in [0.1, 0.15) is 12.0 Å². The highest BCUT2D eigenvalue weighted by molar-refractivity contribution is 5.43. The molecule has 4 nitrogen and oxygen atoms in total. The molecule has 1 aliphatic heterocycles. The third kappa shape index (κ3) is 2.16. The molecule has 0 aliphatic carbocycles. The van der Waals surface area contributed by atoms with Gasteiger partial charge in [-0.1, -0.05) is 0 Å². The summed E-state index contributed by atoms with van der Waals surface area (Å²) in [5, 5.41) is 0. The van der Waals surface area contributed by atoms with Gasteiger partial charge in [-0.2, -0.15) is 4.98 Å². The van der Waals surface area contributed by atoms with Gasteiger partial charge < -0.3 is 9.80 Å². The average Bonchev–Trinajstić information content (AvgIpc) is 2.65. The number of hydrogen-bond acceptors (Lipinski definition) is 4. The minimum absolute atomic E-state index is 0.414. The standard InChI is InChI=1S/C10H15FN4/c1-14(2)9-3-5-12-10(13-9)15-6-4-8(11)7-15/h3,5,8H,4,6-7H2,1-2H3. The smallest absolute Gasteiger partial charge is 0.227 e. The maximum absolute atomic E-state index is 13.0. The van der Waals surface area contributed by atoms with Crippen LogP contribution in [0.25, 0.3) is 0 Å². The van der Waals surface area contributed by atoms with Crippen molar-refractivity contribution in [2.75, 3.05) is 37.0 Å². The Morgan fingerprint density at radius 3 is 2.93 bits per heavy atom. The van der Waals surface area contributed by atoms with Crippen molar-refractivity contribution < 1.29 is 4.39 Å². The Hall–Kier alpha value is -1.39. The molecule has 0 amide bonds. The van der Waals surface area contributed by atoms with Crippen LogP contribution in [0.3, 0.4) is 0 Å². The Morgan fingerprint density at radius 2 is 2.33 bits per heavy atom. The van der Waals surface area contributed by atoms with E-state index in [1.807, 2.05) is 30.0 Å². The van der Waals surface area contributed by atoms with Crippen molar-refractivity contribution in [3.05, 3.63) is 12.3 Å². The SMILES string of the molecule is CN(C)c1ccnc(N2CCC(F)C2)n1. The Morgan fingerprint density at radius 1 is 1.53 bits per heavy atom. The number of halogens is 1. The highest BCUT2D eigenvalue weighted by Crippen LogP contribution is 2.19. The molecule has 1 fully saturated rings. The number of anilines is 2. The van der Waals surface area contributed by atoms with E-state index in [1.165, 1.54) is 0 Å². The van der Waals surface area contributed by atoms with Crippen LogP contribution >= 0.6 is 0 Å². The van der Waals surface area contributed by atoms with Crippen molar-refractivity contribution in [1.82, 2.24) is 9.97 Å². The molecule has 1 unspecified atom stereocenters. The first kappa shape index (κ1) is 10.1. The van der Waals surface area contributed by atoms with Crippen LogP contribution in [-0.4, -0.2) is 43.3 Å². The number of alkyl halides is 1. The summed E-state index contributed by atoms with van der Waals surface area (Å²) in [5.41, 5.74) is 0. The first-order valence-corrected chi connectivity index (χ1v) is 5.06. The largest absolute Gasteiger partial charge is 0.363 e. The third-order valence-corrected chi connectivity index (χ3v) is 2.50. The maximum Gasteiger partial charge on any atom is 0.227 e. The van der Waals surface area contributed by atoms with Crippen LogP contribution in [0, 0.1) is 0 Å². The van der Waals surface area contributed by atoms with Gasteiger partial charge in [-0.15, -0.1) is 0 Å². The minimum Gasteiger partial charge on any atom is -0.363 e. The molecule has 15 heavy (non-hydrogen) atoms. The van der Waals surface area contributed by atoms with Gasteiger partial charge in [0.25, 0.3) is 0 Å². The molecule has 5 heteroatoms. The van der Waals surface area contributed by atoms with Crippen LogP contribution < -0.4 is 9.80 Å².